The van der Waals surface area contributed by atoms with Gasteiger partial charge < -0.3 is 15.7 Å². The van der Waals surface area contributed by atoms with Crippen molar-refractivity contribution in [3.63, 3.8) is 0 Å². The lowest BCUT2D eigenvalue weighted by atomic mass is 10.1. The minimum atomic E-state index is -0.520. The second kappa shape index (κ2) is 11.8. The molecular formula is C19H25FIN3O. The van der Waals surface area contributed by atoms with Crippen molar-refractivity contribution in [1.29, 1.82) is 0 Å². The summed E-state index contributed by atoms with van der Waals surface area (Å²) >= 11 is 0. The Kier molecular flexibility index (Phi) is 10.1. The first-order valence-corrected chi connectivity index (χ1v) is 8.19. The highest BCUT2D eigenvalue weighted by Gasteiger charge is 2.07. The molecule has 0 saturated carbocycles. The molecular weight excluding hydrogens is 432 g/mol. The molecule has 0 saturated heterocycles. The van der Waals surface area contributed by atoms with Crippen molar-refractivity contribution in [2.45, 2.75) is 26.0 Å². The SMILES string of the molecule is CCNC(=NCc1ccccc1F)NCCC(O)c1ccccc1.I. The van der Waals surface area contributed by atoms with Gasteiger partial charge >= 0.3 is 0 Å². The van der Waals surface area contributed by atoms with Crippen LogP contribution >= 0.6 is 24.0 Å². The zero-order chi connectivity index (χ0) is 17.2. The van der Waals surface area contributed by atoms with E-state index in [0.29, 0.717) is 31.0 Å². The van der Waals surface area contributed by atoms with Crippen LogP contribution in [0.4, 0.5) is 4.39 Å². The zero-order valence-corrected chi connectivity index (χ0v) is 16.6. The van der Waals surface area contributed by atoms with Crippen LogP contribution in [0.2, 0.25) is 0 Å². The molecule has 3 N–H and O–H groups in total. The van der Waals surface area contributed by atoms with Crippen LogP contribution in [0.25, 0.3) is 0 Å². The quantitative estimate of drug-likeness (QED) is 0.338. The number of hydrogen-bond donors (Lipinski definition) is 3. The van der Waals surface area contributed by atoms with Gasteiger partial charge in [0.15, 0.2) is 5.96 Å². The topological polar surface area (TPSA) is 56.7 Å². The molecule has 0 heterocycles. The lowest BCUT2D eigenvalue weighted by molar-refractivity contribution is 0.168. The van der Waals surface area contributed by atoms with Crippen LogP contribution in [-0.2, 0) is 6.54 Å². The van der Waals surface area contributed by atoms with Gasteiger partial charge in [-0.15, -0.1) is 24.0 Å². The highest BCUT2D eigenvalue weighted by atomic mass is 127. The van der Waals surface area contributed by atoms with E-state index in [0.717, 1.165) is 5.56 Å². The maximum Gasteiger partial charge on any atom is 0.191 e. The molecule has 0 spiro atoms. The van der Waals surface area contributed by atoms with Crippen LogP contribution in [0.3, 0.4) is 0 Å². The fourth-order valence-electron chi connectivity index (χ4n) is 2.30. The Morgan fingerprint density at radius 3 is 2.44 bits per heavy atom. The van der Waals surface area contributed by atoms with Gasteiger partial charge in [0, 0.05) is 18.7 Å². The van der Waals surface area contributed by atoms with Crippen LogP contribution in [0.5, 0.6) is 0 Å². The Bertz CT molecular complexity index is 652. The van der Waals surface area contributed by atoms with E-state index in [-0.39, 0.29) is 36.3 Å². The molecule has 1 atom stereocenters. The number of rotatable bonds is 7. The molecule has 0 amide bonds. The Morgan fingerprint density at radius 2 is 1.76 bits per heavy atom. The van der Waals surface area contributed by atoms with Gasteiger partial charge in [0.1, 0.15) is 5.82 Å². The lowest BCUT2D eigenvalue weighted by Crippen LogP contribution is -2.38. The predicted octanol–water partition coefficient (Wildman–Crippen LogP) is 3.62. The van der Waals surface area contributed by atoms with E-state index in [1.54, 1.807) is 18.2 Å². The molecule has 0 aliphatic heterocycles. The maximum absolute atomic E-state index is 13.6. The van der Waals surface area contributed by atoms with Gasteiger partial charge in [-0.1, -0.05) is 48.5 Å². The molecule has 2 aromatic carbocycles. The number of nitrogens with one attached hydrogen (secondary N) is 2. The van der Waals surface area contributed by atoms with Gasteiger partial charge in [-0.05, 0) is 25.0 Å². The van der Waals surface area contributed by atoms with Crippen molar-refractivity contribution in [2.75, 3.05) is 13.1 Å². The summed E-state index contributed by atoms with van der Waals surface area (Å²) in [6.07, 6.45) is 0.0434. The summed E-state index contributed by atoms with van der Waals surface area (Å²) in [7, 11) is 0. The third kappa shape index (κ3) is 7.39. The third-order valence-electron chi connectivity index (χ3n) is 3.60. The van der Waals surface area contributed by atoms with Gasteiger partial charge in [-0.2, -0.15) is 0 Å². The molecule has 2 aromatic rings. The first-order chi connectivity index (χ1) is 11.7. The second-order valence-electron chi connectivity index (χ2n) is 5.43. The molecule has 0 aromatic heterocycles. The summed E-state index contributed by atoms with van der Waals surface area (Å²) < 4.78 is 13.6. The normalized spacial score (nSPS) is 12.2. The summed E-state index contributed by atoms with van der Waals surface area (Å²) in [5.41, 5.74) is 1.45. The van der Waals surface area contributed by atoms with E-state index in [4.69, 9.17) is 0 Å². The number of benzene rings is 2. The summed E-state index contributed by atoms with van der Waals surface area (Å²) in [6, 6.07) is 16.2. The van der Waals surface area contributed by atoms with E-state index >= 15 is 0 Å². The molecule has 0 fully saturated rings. The van der Waals surface area contributed by atoms with E-state index in [1.807, 2.05) is 37.3 Å². The van der Waals surface area contributed by atoms with Crippen molar-refractivity contribution < 1.29 is 9.50 Å². The third-order valence-corrected chi connectivity index (χ3v) is 3.60. The number of hydrogen-bond acceptors (Lipinski definition) is 2. The molecule has 2 rings (SSSR count). The Labute approximate surface area is 165 Å². The fraction of sp³-hybridized carbons (Fsp3) is 0.316. The number of guanidine groups is 1. The van der Waals surface area contributed by atoms with Crippen molar-refractivity contribution in [2.24, 2.45) is 4.99 Å². The first kappa shape index (κ1) is 21.4. The number of nitrogens with zero attached hydrogens (tertiary/aromatic N) is 1. The van der Waals surface area contributed by atoms with Crippen LogP contribution < -0.4 is 10.6 Å². The van der Waals surface area contributed by atoms with Crippen LogP contribution in [0, 0.1) is 5.82 Å². The van der Waals surface area contributed by atoms with Crippen LogP contribution in [0.15, 0.2) is 59.6 Å². The molecule has 0 aliphatic rings. The van der Waals surface area contributed by atoms with E-state index in [9.17, 15) is 9.50 Å². The standard InChI is InChI=1S/C19H24FN3O.HI/c1-2-21-19(23-14-16-10-6-7-11-17(16)20)22-13-12-18(24)15-8-4-3-5-9-15;/h3-11,18,24H,2,12-14H2,1H3,(H2,21,22,23);1H. The van der Waals surface area contributed by atoms with Crippen molar-refractivity contribution >= 4 is 29.9 Å². The molecule has 136 valence electrons. The van der Waals surface area contributed by atoms with Gasteiger partial charge in [-0.3, -0.25) is 0 Å². The van der Waals surface area contributed by atoms with Crippen molar-refractivity contribution in [3.8, 4) is 0 Å². The average molecular weight is 457 g/mol. The Hall–Kier alpha value is -1.67. The van der Waals surface area contributed by atoms with E-state index < -0.39 is 6.10 Å². The van der Waals surface area contributed by atoms with Gasteiger partial charge in [0.2, 0.25) is 0 Å². The lowest BCUT2D eigenvalue weighted by Gasteiger charge is -2.14. The van der Waals surface area contributed by atoms with Crippen molar-refractivity contribution in [1.82, 2.24) is 10.6 Å². The second-order valence-corrected chi connectivity index (χ2v) is 5.43. The monoisotopic (exact) mass is 457 g/mol. The fourth-order valence-corrected chi connectivity index (χ4v) is 2.30. The minimum absolute atomic E-state index is 0. The number of aliphatic hydroxyl groups is 1. The summed E-state index contributed by atoms with van der Waals surface area (Å²) in [5.74, 6) is 0.359. The largest absolute Gasteiger partial charge is 0.388 e. The zero-order valence-electron chi connectivity index (χ0n) is 14.3. The van der Waals surface area contributed by atoms with E-state index in [1.165, 1.54) is 6.07 Å². The molecule has 0 radical (unpaired) electrons. The summed E-state index contributed by atoms with van der Waals surface area (Å²) in [5, 5.41) is 16.4. The summed E-state index contributed by atoms with van der Waals surface area (Å²) in [6.45, 7) is 3.52. The van der Waals surface area contributed by atoms with Crippen LogP contribution in [0.1, 0.15) is 30.6 Å². The van der Waals surface area contributed by atoms with Crippen molar-refractivity contribution in [3.05, 3.63) is 71.5 Å². The number of aliphatic imine (C=N–C) groups is 1. The Balaban J connectivity index is 0.00000312. The van der Waals surface area contributed by atoms with Crippen LogP contribution in [-0.4, -0.2) is 24.2 Å². The van der Waals surface area contributed by atoms with Gasteiger partial charge in [0.25, 0.3) is 0 Å². The molecule has 25 heavy (non-hydrogen) atoms. The van der Waals surface area contributed by atoms with Gasteiger partial charge in [0.05, 0.1) is 12.6 Å². The number of halogens is 2. The number of aliphatic hydroxyl groups excluding tert-OH is 1. The first-order valence-electron chi connectivity index (χ1n) is 8.19. The van der Waals surface area contributed by atoms with Gasteiger partial charge in [-0.25, -0.2) is 9.38 Å². The van der Waals surface area contributed by atoms with E-state index in [2.05, 4.69) is 15.6 Å². The molecule has 0 bridgehead atoms. The molecule has 1 unspecified atom stereocenters. The molecule has 6 heteroatoms. The molecule has 0 aliphatic carbocycles. The molecule has 4 nitrogen and oxygen atoms in total. The maximum atomic E-state index is 13.6. The Morgan fingerprint density at radius 1 is 1.08 bits per heavy atom. The predicted molar refractivity (Wildman–Crippen MR) is 111 cm³/mol. The average Bonchev–Trinajstić information content (AvgIpc) is 2.61. The highest BCUT2D eigenvalue weighted by molar-refractivity contribution is 14.0. The smallest absolute Gasteiger partial charge is 0.191 e. The highest BCUT2D eigenvalue weighted by Crippen LogP contribution is 2.14. The summed E-state index contributed by atoms with van der Waals surface area (Å²) in [4.78, 5) is 4.39. The minimum Gasteiger partial charge on any atom is -0.388 e.